The zero-order valence-corrected chi connectivity index (χ0v) is 16.5. The molecular formula is C22H20Cl2N2O. The first-order chi connectivity index (χ1) is 13.2. The summed E-state index contributed by atoms with van der Waals surface area (Å²) in [7, 11) is 1.69. The average molecular weight is 399 g/mol. The molecule has 1 fully saturated rings. The number of hydrogen-bond acceptors (Lipinski definition) is 3. The van der Waals surface area contributed by atoms with Crippen LogP contribution >= 0.6 is 23.2 Å². The summed E-state index contributed by atoms with van der Waals surface area (Å²) in [5.41, 5.74) is 3.51. The summed E-state index contributed by atoms with van der Waals surface area (Å²) in [6.45, 7) is 1.84. The van der Waals surface area contributed by atoms with Crippen LogP contribution in [0.2, 0.25) is 10.0 Å². The number of halogens is 2. The van der Waals surface area contributed by atoms with Crippen LogP contribution in [0.3, 0.4) is 0 Å². The Hall–Kier alpha value is -2.36. The second-order valence-corrected chi connectivity index (χ2v) is 7.36. The fraction of sp³-hybridized carbons (Fsp3) is 0.182. The summed E-state index contributed by atoms with van der Waals surface area (Å²) in [5.74, 6) is 0.854. The zero-order chi connectivity index (χ0) is 18.8. The van der Waals surface area contributed by atoms with Gasteiger partial charge in [0, 0.05) is 34.5 Å². The third kappa shape index (κ3) is 3.71. The lowest BCUT2D eigenvalue weighted by Crippen LogP contribution is -2.30. The maximum absolute atomic E-state index is 6.09. The lowest BCUT2D eigenvalue weighted by molar-refractivity contribution is 0.414. The number of ether oxygens (including phenoxy) is 1. The molecule has 0 spiro atoms. The van der Waals surface area contributed by atoms with Crippen LogP contribution in [0.4, 0.5) is 11.4 Å². The summed E-state index contributed by atoms with van der Waals surface area (Å²) < 4.78 is 5.32. The number of benzene rings is 3. The predicted octanol–water partition coefficient (Wildman–Crippen LogP) is 6.03. The summed E-state index contributed by atoms with van der Waals surface area (Å²) in [6.07, 6.45) is 0.0817. The quantitative estimate of drug-likeness (QED) is 0.533. The molecule has 3 aromatic carbocycles. The summed E-state index contributed by atoms with van der Waals surface area (Å²) in [5, 5.41) is 1.49. The van der Waals surface area contributed by atoms with Gasteiger partial charge in [-0.2, -0.15) is 0 Å². The van der Waals surface area contributed by atoms with Crippen molar-refractivity contribution in [1.82, 2.24) is 0 Å². The molecule has 138 valence electrons. The number of anilines is 2. The molecule has 1 aliphatic heterocycles. The van der Waals surface area contributed by atoms with Gasteiger partial charge in [-0.25, -0.2) is 0 Å². The van der Waals surface area contributed by atoms with Crippen molar-refractivity contribution < 1.29 is 4.74 Å². The maximum Gasteiger partial charge on any atom is 0.128 e. The van der Waals surface area contributed by atoms with E-state index in [0.717, 1.165) is 40.3 Å². The third-order valence-corrected chi connectivity index (χ3v) is 5.41. The van der Waals surface area contributed by atoms with Crippen LogP contribution in [0.5, 0.6) is 5.75 Å². The molecule has 0 atom stereocenters. The van der Waals surface area contributed by atoms with Gasteiger partial charge < -0.3 is 14.5 Å². The van der Waals surface area contributed by atoms with Gasteiger partial charge in [0.2, 0.25) is 0 Å². The second-order valence-electron chi connectivity index (χ2n) is 6.49. The Morgan fingerprint density at radius 3 is 1.56 bits per heavy atom. The molecule has 0 radical (unpaired) electrons. The lowest BCUT2D eigenvalue weighted by Gasteiger charge is -2.33. The van der Waals surface area contributed by atoms with Crippen molar-refractivity contribution in [2.45, 2.75) is 6.17 Å². The number of methoxy groups -OCH3 is 1. The normalized spacial score (nSPS) is 14.6. The molecule has 0 amide bonds. The molecular weight excluding hydrogens is 379 g/mol. The first-order valence-electron chi connectivity index (χ1n) is 8.84. The minimum Gasteiger partial charge on any atom is -0.497 e. The van der Waals surface area contributed by atoms with E-state index < -0.39 is 0 Å². The lowest BCUT2D eigenvalue weighted by atomic mass is 10.1. The van der Waals surface area contributed by atoms with Gasteiger partial charge in [-0.1, -0.05) is 35.3 Å². The first-order valence-corrected chi connectivity index (χ1v) is 9.60. The standard InChI is InChI=1S/C22H20Cl2N2O/c1-27-21-12-2-16(3-13-21)22-25(19-8-4-17(23)5-9-19)14-15-26(22)20-10-6-18(24)7-11-20/h2-13,22H,14-15H2,1H3. The fourth-order valence-electron chi connectivity index (χ4n) is 3.57. The predicted molar refractivity (Wildman–Crippen MR) is 113 cm³/mol. The van der Waals surface area contributed by atoms with E-state index in [0.29, 0.717) is 0 Å². The van der Waals surface area contributed by atoms with Crippen LogP contribution in [-0.4, -0.2) is 20.2 Å². The van der Waals surface area contributed by atoms with Gasteiger partial charge in [-0.3, -0.25) is 0 Å². The Labute approximate surface area is 169 Å². The van der Waals surface area contributed by atoms with Gasteiger partial charge in [0.05, 0.1) is 7.11 Å². The Balaban J connectivity index is 1.74. The van der Waals surface area contributed by atoms with E-state index in [2.05, 4.69) is 46.2 Å². The molecule has 0 unspecified atom stereocenters. The van der Waals surface area contributed by atoms with E-state index in [-0.39, 0.29) is 6.17 Å². The molecule has 0 aromatic heterocycles. The van der Waals surface area contributed by atoms with Crippen molar-refractivity contribution in [2.75, 3.05) is 30.0 Å². The molecule has 1 saturated heterocycles. The highest BCUT2D eigenvalue weighted by Gasteiger charge is 2.33. The van der Waals surface area contributed by atoms with Crippen LogP contribution in [0.1, 0.15) is 11.7 Å². The molecule has 3 aromatic rings. The highest BCUT2D eigenvalue weighted by Crippen LogP contribution is 2.38. The van der Waals surface area contributed by atoms with Crippen molar-refractivity contribution in [3.8, 4) is 5.75 Å². The molecule has 1 aliphatic rings. The third-order valence-electron chi connectivity index (χ3n) is 4.90. The van der Waals surface area contributed by atoms with Crippen molar-refractivity contribution >= 4 is 34.6 Å². The zero-order valence-electron chi connectivity index (χ0n) is 15.0. The highest BCUT2D eigenvalue weighted by atomic mass is 35.5. The van der Waals surface area contributed by atoms with Crippen molar-refractivity contribution in [2.24, 2.45) is 0 Å². The molecule has 27 heavy (non-hydrogen) atoms. The van der Waals surface area contributed by atoms with E-state index in [1.807, 2.05) is 36.4 Å². The molecule has 0 N–H and O–H groups in total. The van der Waals surface area contributed by atoms with Gasteiger partial charge >= 0.3 is 0 Å². The molecule has 1 heterocycles. The van der Waals surface area contributed by atoms with Crippen molar-refractivity contribution in [1.29, 1.82) is 0 Å². The van der Waals surface area contributed by atoms with Gasteiger partial charge in [-0.05, 0) is 66.2 Å². The summed E-state index contributed by atoms with van der Waals surface area (Å²) in [4.78, 5) is 4.79. The molecule has 4 rings (SSSR count). The van der Waals surface area contributed by atoms with Crippen LogP contribution < -0.4 is 14.5 Å². The van der Waals surface area contributed by atoms with E-state index >= 15 is 0 Å². The van der Waals surface area contributed by atoms with Crippen molar-refractivity contribution in [3.63, 3.8) is 0 Å². The molecule has 5 heteroatoms. The second kappa shape index (κ2) is 7.71. The Morgan fingerprint density at radius 1 is 0.704 bits per heavy atom. The van der Waals surface area contributed by atoms with Gasteiger partial charge in [0.15, 0.2) is 0 Å². The topological polar surface area (TPSA) is 15.7 Å². The minimum atomic E-state index is 0.0817. The van der Waals surface area contributed by atoms with Crippen LogP contribution in [-0.2, 0) is 0 Å². The van der Waals surface area contributed by atoms with Crippen LogP contribution in [0.25, 0.3) is 0 Å². The molecule has 0 saturated carbocycles. The number of hydrogen-bond donors (Lipinski definition) is 0. The first kappa shape index (κ1) is 18.0. The average Bonchev–Trinajstić information content (AvgIpc) is 3.14. The number of rotatable bonds is 4. The SMILES string of the molecule is COc1ccc(C2N(c3ccc(Cl)cc3)CCN2c2ccc(Cl)cc2)cc1. The molecule has 3 nitrogen and oxygen atoms in total. The van der Waals surface area contributed by atoms with E-state index in [9.17, 15) is 0 Å². The maximum atomic E-state index is 6.09. The van der Waals surface area contributed by atoms with E-state index in [1.165, 1.54) is 5.56 Å². The smallest absolute Gasteiger partial charge is 0.128 e. The summed E-state index contributed by atoms with van der Waals surface area (Å²) >= 11 is 12.2. The van der Waals surface area contributed by atoms with Crippen molar-refractivity contribution in [3.05, 3.63) is 88.4 Å². The highest BCUT2D eigenvalue weighted by molar-refractivity contribution is 6.30. The van der Waals surface area contributed by atoms with Crippen LogP contribution in [0.15, 0.2) is 72.8 Å². The monoisotopic (exact) mass is 398 g/mol. The minimum absolute atomic E-state index is 0.0817. The van der Waals surface area contributed by atoms with Gasteiger partial charge in [0.25, 0.3) is 0 Å². The fourth-order valence-corrected chi connectivity index (χ4v) is 3.82. The Morgan fingerprint density at radius 2 is 1.15 bits per heavy atom. The van der Waals surface area contributed by atoms with Gasteiger partial charge in [-0.15, -0.1) is 0 Å². The summed E-state index contributed by atoms with van der Waals surface area (Å²) in [6, 6.07) is 24.3. The largest absolute Gasteiger partial charge is 0.497 e. The van der Waals surface area contributed by atoms with E-state index in [1.54, 1.807) is 7.11 Å². The Kier molecular flexibility index (Phi) is 5.15. The molecule has 0 aliphatic carbocycles. The van der Waals surface area contributed by atoms with Crippen LogP contribution in [0, 0.1) is 0 Å². The van der Waals surface area contributed by atoms with Gasteiger partial charge in [0.1, 0.15) is 11.9 Å². The Bertz CT molecular complexity index is 842. The molecule has 0 bridgehead atoms. The number of nitrogens with zero attached hydrogens (tertiary/aromatic N) is 2. The van der Waals surface area contributed by atoms with E-state index in [4.69, 9.17) is 27.9 Å².